The lowest BCUT2D eigenvalue weighted by molar-refractivity contribution is -0.114. The summed E-state index contributed by atoms with van der Waals surface area (Å²) in [5.41, 5.74) is 0.137. The molecule has 1 aromatic rings. The molecule has 1 aliphatic rings. The van der Waals surface area contributed by atoms with Gasteiger partial charge in [0, 0.05) is 17.4 Å². The fraction of sp³-hybridized carbons (Fsp3) is 0.600. The van der Waals surface area contributed by atoms with Crippen molar-refractivity contribution in [1.82, 2.24) is 0 Å². The van der Waals surface area contributed by atoms with Gasteiger partial charge >= 0.3 is 5.97 Å². The van der Waals surface area contributed by atoms with E-state index in [0.29, 0.717) is 10.6 Å². The maximum absolute atomic E-state index is 12.3. The summed E-state index contributed by atoms with van der Waals surface area (Å²) in [6.07, 6.45) is 0. The molecule has 1 aliphatic heterocycles. The van der Waals surface area contributed by atoms with Crippen molar-refractivity contribution in [2.75, 3.05) is 11.9 Å². The Labute approximate surface area is 128 Å². The van der Waals surface area contributed by atoms with Crippen molar-refractivity contribution in [2.45, 2.75) is 52.7 Å². The van der Waals surface area contributed by atoms with E-state index in [1.807, 2.05) is 27.7 Å². The molecule has 0 fully saturated rings. The summed E-state index contributed by atoms with van der Waals surface area (Å²) >= 11 is 1.38. The average molecular weight is 311 g/mol. The van der Waals surface area contributed by atoms with E-state index in [9.17, 15) is 9.59 Å². The third kappa shape index (κ3) is 2.70. The highest BCUT2D eigenvalue weighted by Crippen LogP contribution is 2.54. The Hall–Kier alpha value is -1.40. The molecule has 1 amide bonds. The van der Waals surface area contributed by atoms with Gasteiger partial charge < -0.3 is 14.8 Å². The van der Waals surface area contributed by atoms with E-state index in [1.165, 1.54) is 18.3 Å². The molecule has 0 unspecified atom stereocenters. The maximum Gasteiger partial charge on any atom is 0.341 e. The van der Waals surface area contributed by atoms with Crippen LogP contribution in [0.2, 0.25) is 0 Å². The minimum Gasteiger partial charge on any atom is -0.462 e. The van der Waals surface area contributed by atoms with Gasteiger partial charge in [0.1, 0.15) is 10.6 Å². The molecule has 0 bridgehead atoms. The topological polar surface area (TPSA) is 64.6 Å². The van der Waals surface area contributed by atoms with Crippen molar-refractivity contribution in [3.05, 3.63) is 16.0 Å². The summed E-state index contributed by atoms with van der Waals surface area (Å²) in [6, 6.07) is 0. The SMILES string of the molecule is CCOC(=O)c1c(NC(C)=O)sc2c1C(C)(C)OC2(C)C. The Balaban J connectivity index is 2.66. The van der Waals surface area contributed by atoms with Gasteiger partial charge in [0.2, 0.25) is 5.91 Å². The van der Waals surface area contributed by atoms with Crippen LogP contribution in [0.3, 0.4) is 0 Å². The monoisotopic (exact) mass is 311 g/mol. The average Bonchev–Trinajstić information content (AvgIpc) is 2.74. The van der Waals surface area contributed by atoms with Crippen LogP contribution >= 0.6 is 11.3 Å². The number of esters is 1. The van der Waals surface area contributed by atoms with E-state index in [4.69, 9.17) is 9.47 Å². The van der Waals surface area contributed by atoms with E-state index in [1.54, 1.807) is 6.92 Å². The summed E-state index contributed by atoms with van der Waals surface area (Å²) in [5, 5.41) is 3.28. The first-order valence-corrected chi connectivity index (χ1v) is 7.74. The van der Waals surface area contributed by atoms with Crippen LogP contribution in [0, 0.1) is 0 Å². The molecule has 0 atom stereocenters. The summed E-state index contributed by atoms with van der Waals surface area (Å²) in [4.78, 5) is 24.7. The van der Waals surface area contributed by atoms with E-state index in [0.717, 1.165) is 10.4 Å². The highest BCUT2D eigenvalue weighted by Gasteiger charge is 2.49. The summed E-state index contributed by atoms with van der Waals surface area (Å²) in [6.45, 7) is 11.2. The van der Waals surface area contributed by atoms with E-state index >= 15 is 0 Å². The molecule has 0 radical (unpaired) electrons. The Morgan fingerprint density at radius 2 is 1.86 bits per heavy atom. The highest BCUT2D eigenvalue weighted by atomic mass is 32.1. The highest BCUT2D eigenvalue weighted by molar-refractivity contribution is 7.17. The van der Waals surface area contributed by atoms with Gasteiger partial charge in [-0.2, -0.15) is 0 Å². The number of nitrogens with one attached hydrogen (secondary N) is 1. The number of fused-ring (bicyclic) bond motifs is 1. The molecule has 0 saturated heterocycles. The van der Waals surface area contributed by atoms with Crippen LogP contribution in [0.25, 0.3) is 0 Å². The predicted molar refractivity (Wildman–Crippen MR) is 81.7 cm³/mol. The molecule has 0 saturated carbocycles. The first-order valence-electron chi connectivity index (χ1n) is 6.92. The Morgan fingerprint density at radius 1 is 1.24 bits per heavy atom. The second kappa shape index (κ2) is 5.10. The van der Waals surface area contributed by atoms with Crippen LogP contribution in [0.15, 0.2) is 0 Å². The minimum atomic E-state index is -0.603. The second-order valence-electron chi connectivity index (χ2n) is 6.03. The van der Waals surface area contributed by atoms with Crippen LogP contribution in [0.1, 0.15) is 62.3 Å². The smallest absolute Gasteiger partial charge is 0.341 e. The molecule has 2 rings (SSSR count). The standard InChI is InChI=1S/C15H21NO4S/c1-7-19-13(18)9-10-11(21-12(9)16-8(2)17)15(5,6)20-14(10,3)4/h7H2,1-6H3,(H,16,17). The second-order valence-corrected chi connectivity index (χ2v) is 7.06. The number of carbonyl (C=O) groups is 2. The zero-order valence-corrected chi connectivity index (χ0v) is 14.1. The van der Waals surface area contributed by atoms with Gasteiger partial charge in [-0.15, -0.1) is 11.3 Å². The van der Waals surface area contributed by atoms with Crippen molar-refractivity contribution < 1.29 is 19.1 Å². The zero-order chi connectivity index (χ0) is 16.0. The molecule has 0 aromatic carbocycles. The quantitative estimate of drug-likeness (QED) is 0.869. The first kappa shape index (κ1) is 16.0. The molecule has 1 aromatic heterocycles. The van der Waals surface area contributed by atoms with Gasteiger partial charge in [-0.25, -0.2) is 4.79 Å². The fourth-order valence-electron chi connectivity index (χ4n) is 2.81. The van der Waals surface area contributed by atoms with E-state index in [2.05, 4.69) is 5.32 Å². The van der Waals surface area contributed by atoms with E-state index in [-0.39, 0.29) is 12.5 Å². The van der Waals surface area contributed by atoms with Crippen molar-refractivity contribution in [3.63, 3.8) is 0 Å². The number of hydrogen-bond acceptors (Lipinski definition) is 5. The predicted octanol–water partition coefficient (Wildman–Crippen LogP) is 3.38. The van der Waals surface area contributed by atoms with Crippen LogP contribution < -0.4 is 5.32 Å². The molecule has 116 valence electrons. The molecule has 21 heavy (non-hydrogen) atoms. The zero-order valence-electron chi connectivity index (χ0n) is 13.2. The maximum atomic E-state index is 12.3. The summed E-state index contributed by atoms with van der Waals surface area (Å²) in [5.74, 6) is -0.634. The Kier molecular flexibility index (Phi) is 3.88. The van der Waals surface area contributed by atoms with Crippen molar-refractivity contribution in [1.29, 1.82) is 0 Å². The van der Waals surface area contributed by atoms with Gasteiger partial charge in [0.15, 0.2) is 0 Å². The molecular weight excluding hydrogens is 290 g/mol. The number of ether oxygens (including phenoxy) is 2. The number of hydrogen-bond donors (Lipinski definition) is 1. The third-order valence-electron chi connectivity index (χ3n) is 3.34. The Morgan fingerprint density at radius 3 is 2.38 bits per heavy atom. The number of thiophene rings is 1. The van der Waals surface area contributed by atoms with Crippen LogP contribution in [0.5, 0.6) is 0 Å². The molecule has 5 nitrogen and oxygen atoms in total. The van der Waals surface area contributed by atoms with Crippen molar-refractivity contribution in [3.8, 4) is 0 Å². The lowest BCUT2D eigenvalue weighted by Crippen LogP contribution is -2.24. The molecule has 1 N–H and O–H groups in total. The fourth-order valence-corrected chi connectivity index (χ4v) is 4.23. The lowest BCUT2D eigenvalue weighted by atomic mass is 9.94. The molecule has 0 aliphatic carbocycles. The van der Waals surface area contributed by atoms with Crippen molar-refractivity contribution >= 4 is 28.2 Å². The van der Waals surface area contributed by atoms with Crippen LogP contribution in [-0.2, 0) is 25.5 Å². The summed E-state index contributed by atoms with van der Waals surface area (Å²) < 4.78 is 11.2. The van der Waals surface area contributed by atoms with E-state index < -0.39 is 17.2 Å². The molecular formula is C15H21NO4S. The minimum absolute atomic E-state index is 0.211. The third-order valence-corrected chi connectivity index (χ3v) is 4.75. The normalized spacial score (nSPS) is 18.2. The van der Waals surface area contributed by atoms with Crippen molar-refractivity contribution in [2.24, 2.45) is 0 Å². The molecule has 0 spiro atoms. The van der Waals surface area contributed by atoms with Gasteiger partial charge in [0.25, 0.3) is 0 Å². The van der Waals surface area contributed by atoms with Gasteiger partial charge in [-0.1, -0.05) is 0 Å². The first-order chi connectivity index (χ1) is 9.60. The van der Waals surface area contributed by atoms with Crippen LogP contribution in [-0.4, -0.2) is 18.5 Å². The number of amides is 1. The van der Waals surface area contributed by atoms with Crippen LogP contribution in [0.4, 0.5) is 5.00 Å². The van der Waals surface area contributed by atoms with Gasteiger partial charge in [-0.3, -0.25) is 4.79 Å². The molecule has 6 heteroatoms. The summed E-state index contributed by atoms with van der Waals surface area (Å²) in [7, 11) is 0. The van der Waals surface area contributed by atoms with Gasteiger partial charge in [-0.05, 0) is 34.6 Å². The number of anilines is 1. The number of rotatable bonds is 3. The Bertz CT molecular complexity index is 601. The number of carbonyl (C=O) groups excluding carboxylic acids is 2. The van der Waals surface area contributed by atoms with Gasteiger partial charge in [0.05, 0.1) is 17.8 Å². The largest absolute Gasteiger partial charge is 0.462 e. The molecule has 2 heterocycles. The lowest BCUT2D eigenvalue weighted by Gasteiger charge is -2.26.